The molecule has 0 saturated carbocycles. The van der Waals surface area contributed by atoms with Gasteiger partial charge in [-0.3, -0.25) is 0 Å². The molecule has 6 heteroatoms. The fraction of sp³-hybridized carbons (Fsp3) is 0.857. The molecule has 116 valence electrons. The lowest BCUT2D eigenvalue weighted by Crippen LogP contribution is -2.20. The van der Waals surface area contributed by atoms with Gasteiger partial charge in [0.2, 0.25) is 0 Å². The molecule has 0 aromatic heterocycles. The summed E-state index contributed by atoms with van der Waals surface area (Å²) in [4.78, 5) is 2.85. The SMILES string of the molecule is COC(CC[C@@H](C[C@@H](O)CCC=C(C)C)N=[N+]=[N-])OC. The number of aliphatic hydroxyl groups excluding tert-OH is 1. The van der Waals surface area contributed by atoms with E-state index in [-0.39, 0.29) is 12.3 Å². The second kappa shape index (κ2) is 11.7. The van der Waals surface area contributed by atoms with Crippen molar-refractivity contribution in [1.29, 1.82) is 0 Å². The normalized spacial score (nSPS) is 13.7. The monoisotopic (exact) mass is 285 g/mol. The van der Waals surface area contributed by atoms with Gasteiger partial charge in [0.25, 0.3) is 0 Å². The standard InChI is InChI=1S/C14H27N3O3/c1-11(2)6-5-7-13(18)10-12(16-17-15)8-9-14(19-3)20-4/h6,12-14,18H,5,7-10H2,1-4H3/t12-,13-/m0/s1. The van der Waals surface area contributed by atoms with Crippen LogP contribution >= 0.6 is 0 Å². The molecule has 0 aliphatic carbocycles. The van der Waals surface area contributed by atoms with Crippen molar-refractivity contribution in [2.45, 2.75) is 64.4 Å². The van der Waals surface area contributed by atoms with E-state index in [2.05, 4.69) is 16.1 Å². The van der Waals surface area contributed by atoms with Crippen LogP contribution in [0.3, 0.4) is 0 Å². The lowest BCUT2D eigenvalue weighted by atomic mass is 10.0. The highest BCUT2D eigenvalue weighted by atomic mass is 16.7. The molecule has 0 aromatic carbocycles. The Morgan fingerprint density at radius 2 is 1.90 bits per heavy atom. The minimum absolute atomic E-state index is 0.227. The number of allylic oxidation sites excluding steroid dienone is 2. The molecular weight excluding hydrogens is 258 g/mol. The van der Waals surface area contributed by atoms with E-state index in [1.54, 1.807) is 14.2 Å². The second-order valence-corrected chi connectivity index (χ2v) is 5.09. The van der Waals surface area contributed by atoms with Crippen LogP contribution in [0, 0.1) is 0 Å². The van der Waals surface area contributed by atoms with Crippen LogP contribution in [0.5, 0.6) is 0 Å². The first-order valence-corrected chi connectivity index (χ1v) is 6.94. The number of hydrogen-bond donors (Lipinski definition) is 1. The van der Waals surface area contributed by atoms with Gasteiger partial charge in [0, 0.05) is 25.2 Å². The molecule has 6 nitrogen and oxygen atoms in total. The van der Waals surface area contributed by atoms with Crippen LogP contribution in [0.2, 0.25) is 0 Å². The third-order valence-electron chi connectivity index (χ3n) is 3.07. The van der Waals surface area contributed by atoms with Crippen LogP contribution in [-0.4, -0.2) is 37.8 Å². The van der Waals surface area contributed by atoms with Crippen molar-refractivity contribution in [2.75, 3.05) is 14.2 Å². The number of azide groups is 1. The van der Waals surface area contributed by atoms with E-state index in [1.165, 1.54) is 5.57 Å². The van der Waals surface area contributed by atoms with Crippen LogP contribution in [0.4, 0.5) is 0 Å². The van der Waals surface area contributed by atoms with Crippen LogP contribution in [-0.2, 0) is 9.47 Å². The smallest absolute Gasteiger partial charge is 0.156 e. The summed E-state index contributed by atoms with van der Waals surface area (Å²) < 4.78 is 10.2. The van der Waals surface area contributed by atoms with Crippen molar-refractivity contribution >= 4 is 0 Å². The lowest BCUT2D eigenvalue weighted by Gasteiger charge is -2.18. The molecule has 2 atom stereocenters. The number of methoxy groups -OCH3 is 2. The maximum atomic E-state index is 9.96. The van der Waals surface area contributed by atoms with Crippen LogP contribution in [0.1, 0.15) is 46.0 Å². The Balaban J connectivity index is 4.18. The number of nitrogens with zero attached hydrogens (tertiary/aromatic N) is 3. The Kier molecular flexibility index (Phi) is 11.1. The van der Waals surface area contributed by atoms with Gasteiger partial charge in [0.15, 0.2) is 6.29 Å². The summed E-state index contributed by atoms with van der Waals surface area (Å²) in [5.74, 6) is 0. The van der Waals surface area contributed by atoms with E-state index in [1.807, 2.05) is 13.8 Å². The third kappa shape index (κ3) is 9.81. The molecule has 0 saturated heterocycles. The third-order valence-corrected chi connectivity index (χ3v) is 3.07. The predicted molar refractivity (Wildman–Crippen MR) is 79.3 cm³/mol. The average Bonchev–Trinajstić information content (AvgIpc) is 2.39. The molecule has 0 amide bonds. The fourth-order valence-corrected chi connectivity index (χ4v) is 1.95. The van der Waals surface area contributed by atoms with E-state index in [9.17, 15) is 5.11 Å². The molecule has 0 spiro atoms. The largest absolute Gasteiger partial charge is 0.393 e. The molecule has 0 bridgehead atoms. The predicted octanol–water partition coefficient (Wildman–Crippen LogP) is 3.56. The van der Waals surface area contributed by atoms with Gasteiger partial charge >= 0.3 is 0 Å². The van der Waals surface area contributed by atoms with Crippen molar-refractivity contribution in [2.24, 2.45) is 5.11 Å². The molecule has 0 heterocycles. The van der Waals surface area contributed by atoms with Crippen molar-refractivity contribution < 1.29 is 14.6 Å². The highest BCUT2D eigenvalue weighted by Gasteiger charge is 2.15. The fourth-order valence-electron chi connectivity index (χ4n) is 1.95. The molecule has 0 rings (SSSR count). The maximum absolute atomic E-state index is 9.96. The quantitative estimate of drug-likeness (QED) is 0.207. The summed E-state index contributed by atoms with van der Waals surface area (Å²) in [6.07, 6.45) is 4.61. The highest BCUT2D eigenvalue weighted by Crippen LogP contribution is 2.16. The molecule has 1 N–H and O–H groups in total. The summed E-state index contributed by atoms with van der Waals surface area (Å²) in [6, 6.07) is -0.227. The average molecular weight is 285 g/mol. The summed E-state index contributed by atoms with van der Waals surface area (Å²) >= 11 is 0. The van der Waals surface area contributed by atoms with Crippen molar-refractivity contribution in [3.05, 3.63) is 22.1 Å². The first-order valence-electron chi connectivity index (χ1n) is 6.94. The number of aliphatic hydroxyl groups is 1. The van der Waals surface area contributed by atoms with Crippen LogP contribution < -0.4 is 0 Å². The highest BCUT2D eigenvalue weighted by molar-refractivity contribution is 4.93. The van der Waals surface area contributed by atoms with Crippen molar-refractivity contribution in [1.82, 2.24) is 0 Å². The second-order valence-electron chi connectivity index (χ2n) is 5.09. The summed E-state index contributed by atoms with van der Waals surface area (Å²) in [7, 11) is 3.15. The number of rotatable bonds is 11. The van der Waals surface area contributed by atoms with E-state index in [0.29, 0.717) is 25.7 Å². The van der Waals surface area contributed by atoms with Crippen molar-refractivity contribution in [3.8, 4) is 0 Å². The molecule has 20 heavy (non-hydrogen) atoms. The topological polar surface area (TPSA) is 87.5 Å². The number of ether oxygens (including phenoxy) is 2. The Hall–Kier alpha value is -1.07. The zero-order valence-corrected chi connectivity index (χ0v) is 13.0. The molecular formula is C14H27N3O3. The molecule has 0 radical (unpaired) electrons. The Morgan fingerprint density at radius 3 is 2.40 bits per heavy atom. The van der Waals surface area contributed by atoms with Crippen molar-refractivity contribution in [3.63, 3.8) is 0 Å². The first-order chi connectivity index (χ1) is 9.53. The lowest BCUT2D eigenvalue weighted by molar-refractivity contribution is -0.107. The summed E-state index contributed by atoms with van der Waals surface area (Å²) in [5, 5.41) is 13.7. The summed E-state index contributed by atoms with van der Waals surface area (Å²) in [6.45, 7) is 4.07. The molecule has 0 aliphatic rings. The van der Waals surface area contributed by atoms with E-state index < -0.39 is 6.10 Å². The minimum Gasteiger partial charge on any atom is -0.393 e. The van der Waals surface area contributed by atoms with Gasteiger partial charge < -0.3 is 14.6 Å². The molecule has 0 fully saturated rings. The molecule has 0 unspecified atom stereocenters. The Morgan fingerprint density at radius 1 is 1.25 bits per heavy atom. The number of hydrogen-bond acceptors (Lipinski definition) is 4. The Bertz CT molecular complexity index is 320. The molecule has 0 aromatic rings. The van der Waals surface area contributed by atoms with Gasteiger partial charge in [0.05, 0.1) is 6.10 Å². The van der Waals surface area contributed by atoms with E-state index >= 15 is 0 Å². The Labute approximate surface area is 121 Å². The van der Waals surface area contributed by atoms with Gasteiger partial charge in [0.1, 0.15) is 0 Å². The molecule has 0 aliphatic heterocycles. The maximum Gasteiger partial charge on any atom is 0.156 e. The zero-order valence-electron chi connectivity index (χ0n) is 13.0. The van der Waals surface area contributed by atoms with Gasteiger partial charge in [-0.2, -0.15) is 0 Å². The minimum atomic E-state index is -0.454. The first kappa shape index (κ1) is 18.9. The van der Waals surface area contributed by atoms with Crippen LogP contribution in [0.25, 0.3) is 10.4 Å². The van der Waals surface area contributed by atoms with E-state index in [4.69, 9.17) is 15.0 Å². The van der Waals surface area contributed by atoms with Gasteiger partial charge in [-0.25, -0.2) is 0 Å². The van der Waals surface area contributed by atoms with Gasteiger partial charge in [-0.05, 0) is 51.5 Å². The van der Waals surface area contributed by atoms with Gasteiger partial charge in [-0.15, -0.1) is 0 Å². The van der Waals surface area contributed by atoms with Gasteiger partial charge in [-0.1, -0.05) is 16.8 Å². The zero-order chi connectivity index (χ0) is 15.4. The van der Waals surface area contributed by atoms with E-state index in [0.717, 1.165) is 6.42 Å². The van der Waals surface area contributed by atoms with Crippen LogP contribution in [0.15, 0.2) is 16.8 Å². The summed E-state index contributed by atoms with van der Waals surface area (Å²) in [5.41, 5.74) is 9.83.